The van der Waals surface area contributed by atoms with Gasteiger partial charge in [-0.05, 0) is 24.0 Å². The van der Waals surface area contributed by atoms with Crippen molar-refractivity contribution in [2.45, 2.75) is 30.7 Å². The first-order chi connectivity index (χ1) is 9.51. The maximum atomic E-state index is 12.7. The van der Waals surface area contributed by atoms with Crippen LogP contribution in [0.1, 0.15) is 20.3 Å². The molecule has 0 fully saturated rings. The number of benzene rings is 1. The van der Waals surface area contributed by atoms with Crippen molar-refractivity contribution < 1.29 is 21.6 Å². The van der Waals surface area contributed by atoms with Crippen LogP contribution in [-0.2, 0) is 9.84 Å². The topological polar surface area (TPSA) is 46.2 Å². The van der Waals surface area contributed by atoms with Gasteiger partial charge in [0.15, 0.2) is 0 Å². The van der Waals surface area contributed by atoms with E-state index in [4.69, 9.17) is 11.6 Å². The summed E-state index contributed by atoms with van der Waals surface area (Å²) < 4.78 is 61.1. The van der Waals surface area contributed by atoms with E-state index in [-0.39, 0.29) is 11.1 Å². The van der Waals surface area contributed by atoms with Crippen molar-refractivity contribution in [2.24, 2.45) is 5.41 Å². The molecule has 0 aromatic heterocycles. The molecule has 1 rings (SSSR count). The molecule has 0 bridgehead atoms. The molecular weight excluding hydrogens is 327 g/mol. The Morgan fingerprint density at radius 3 is 2.29 bits per heavy atom. The second-order valence-corrected chi connectivity index (χ2v) is 7.69. The van der Waals surface area contributed by atoms with Crippen LogP contribution in [0, 0.1) is 5.41 Å². The zero-order chi connectivity index (χ0) is 16.3. The fourth-order valence-corrected chi connectivity index (χ4v) is 3.10. The van der Waals surface area contributed by atoms with E-state index < -0.39 is 20.2 Å². The summed E-state index contributed by atoms with van der Waals surface area (Å²) in [7, 11) is -5.38. The normalized spacial score (nSPS) is 13.2. The van der Waals surface area contributed by atoms with Crippen molar-refractivity contribution in [3.8, 4) is 0 Å². The lowest BCUT2D eigenvalue weighted by molar-refractivity contribution is -0.0435. The van der Waals surface area contributed by atoms with Gasteiger partial charge in [-0.3, -0.25) is 0 Å². The molecule has 3 nitrogen and oxygen atoms in total. The van der Waals surface area contributed by atoms with E-state index in [0.29, 0.717) is 18.8 Å². The average Bonchev–Trinajstić information content (AvgIpc) is 2.35. The van der Waals surface area contributed by atoms with Gasteiger partial charge in [-0.25, -0.2) is 8.42 Å². The van der Waals surface area contributed by atoms with E-state index in [2.05, 4.69) is 5.32 Å². The molecule has 0 saturated carbocycles. The summed E-state index contributed by atoms with van der Waals surface area (Å²) >= 11 is 5.66. The molecule has 120 valence electrons. The van der Waals surface area contributed by atoms with E-state index in [1.54, 1.807) is 0 Å². The number of alkyl halides is 4. The minimum absolute atomic E-state index is 0.0579. The number of hydrogen-bond acceptors (Lipinski definition) is 3. The molecule has 0 amide bonds. The van der Waals surface area contributed by atoms with Gasteiger partial charge in [-0.1, -0.05) is 26.0 Å². The summed E-state index contributed by atoms with van der Waals surface area (Å²) in [5.74, 6) is 0.414. The van der Waals surface area contributed by atoms with Crippen LogP contribution in [0.3, 0.4) is 0 Å². The maximum absolute atomic E-state index is 12.7. The first-order valence-electron chi connectivity index (χ1n) is 6.21. The fourth-order valence-electron chi connectivity index (χ4n) is 1.65. The molecule has 0 heterocycles. The lowest BCUT2D eigenvalue weighted by Crippen LogP contribution is -2.27. The maximum Gasteiger partial charge on any atom is 0.501 e. The Bertz CT molecular complexity index is 585. The van der Waals surface area contributed by atoms with Crippen molar-refractivity contribution in [1.82, 2.24) is 0 Å². The third-order valence-corrected chi connectivity index (χ3v) is 4.74. The zero-order valence-corrected chi connectivity index (χ0v) is 13.2. The summed E-state index contributed by atoms with van der Waals surface area (Å²) in [5.41, 5.74) is -5.65. The van der Waals surface area contributed by atoms with Gasteiger partial charge in [0.05, 0.1) is 10.6 Å². The molecular formula is C13H17ClF3NO2S. The number of nitrogens with one attached hydrogen (secondary N) is 1. The van der Waals surface area contributed by atoms with Crippen molar-refractivity contribution in [3.63, 3.8) is 0 Å². The number of hydrogen-bond donors (Lipinski definition) is 1. The number of anilines is 1. The lowest BCUT2D eigenvalue weighted by Gasteiger charge is -2.25. The predicted octanol–water partition coefficient (Wildman–Crippen LogP) is 4.05. The number of halogens is 4. The van der Waals surface area contributed by atoms with E-state index >= 15 is 0 Å². The molecule has 21 heavy (non-hydrogen) atoms. The summed E-state index contributed by atoms with van der Waals surface area (Å²) in [6, 6.07) is 5.00. The summed E-state index contributed by atoms with van der Waals surface area (Å²) in [4.78, 5) is -0.765. The molecule has 0 saturated heterocycles. The standard InChI is InChI=1S/C13H17ClF3NO2S/c1-12(2,7-8-14)9-18-10-5-3-4-6-11(10)21(19,20)13(15,16)17/h3-6,18H,7-9H2,1-2H3. The van der Waals surface area contributed by atoms with Gasteiger partial charge in [-0.2, -0.15) is 13.2 Å². The van der Waals surface area contributed by atoms with Crippen LogP contribution < -0.4 is 5.32 Å². The van der Waals surface area contributed by atoms with Crippen LogP contribution in [0.5, 0.6) is 0 Å². The molecule has 1 aromatic rings. The second-order valence-electron chi connectivity index (χ2n) is 5.40. The molecule has 0 aliphatic rings. The van der Waals surface area contributed by atoms with E-state index in [1.165, 1.54) is 18.2 Å². The lowest BCUT2D eigenvalue weighted by atomic mass is 9.90. The molecule has 1 N–H and O–H groups in total. The Kier molecular flexibility index (Phi) is 5.55. The van der Waals surface area contributed by atoms with Gasteiger partial charge >= 0.3 is 5.51 Å². The highest BCUT2D eigenvalue weighted by Crippen LogP contribution is 2.34. The zero-order valence-electron chi connectivity index (χ0n) is 11.7. The molecule has 0 radical (unpaired) electrons. The Labute approximate surface area is 127 Å². The van der Waals surface area contributed by atoms with Crippen LogP contribution >= 0.6 is 11.6 Å². The summed E-state index contributed by atoms with van der Waals surface area (Å²) in [6.45, 7) is 4.09. The van der Waals surface area contributed by atoms with Gasteiger partial charge < -0.3 is 5.32 Å². The molecule has 0 unspecified atom stereocenters. The summed E-state index contributed by atoms with van der Waals surface area (Å²) in [6.07, 6.45) is 0.649. The Morgan fingerprint density at radius 2 is 1.76 bits per heavy atom. The van der Waals surface area contributed by atoms with Crippen molar-refractivity contribution in [1.29, 1.82) is 0 Å². The average molecular weight is 344 g/mol. The highest BCUT2D eigenvalue weighted by atomic mass is 35.5. The van der Waals surface area contributed by atoms with Crippen LogP contribution in [0.4, 0.5) is 18.9 Å². The SMILES string of the molecule is CC(C)(CCCl)CNc1ccccc1S(=O)(=O)C(F)(F)F. The molecule has 0 spiro atoms. The minimum atomic E-state index is -5.38. The minimum Gasteiger partial charge on any atom is -0.383 e. The molecule has 1 aromatic carbocycles. The smallest absolute Gasteiger partial charge is 0.383 e. The second kappa shape index (κ2) is 6.44. The van der Waals surface area contributed by atoms with Crippen LogP contribution in [0.2, 0.25) is 0 Å². The highest BCUT2D eigenvalue weighted by molar-refractivity contribution is 7.92. The van der Waals surface area contributed by atoms with Gasteiger partial charge in [0.1, 0.15) is 0 Å². The van der Waals surface area contributed by atoms with Gasteiger partial charge in [0, 0.05) is 12.4 Å². The van der Waals surface area contributed by atoms with Gasteiger partial charge in [0.25, 0.3) is 9.84 Å². The number of sulfone groups is 1. The largest absolute Gasteiger partial charge is 0.501 e. The number of rotatable bonds is 6. The van der Waals surface area contributed by atoms with Crippen molar-refractivity contribution >= 4 is 27.1 Å². The van der Waals surface area contributed by atoms with E-state index in [9.17, 15) is 21.6 Å². The van der Waals surface area contributed by atoms with Crippen LogP contribution in [0.25, 0.3) is 0 Å². The predicted molar refractivity (Wildman–Crippen MR) is 77.3 cm³/mol. The molecule has 8 heteroatoms. The van der Waals surface area contributed by atoms with Crippen LogP contribution in [-0.4, -0.2) is 26.4 Å². The first-order valence-corrected chi connectivity index (χ1v) is 8.23. The highest BCUT2D eigenvalue weighted by Gasteiger charge is 2.47. The van der Waals surface area contributed by atoms with Crippen molar-refractivity contribution in [2.75, 3.05) is 17.7 Å². The number of para-hydroxylation sites is 1. The Morgan fingerprint density at radius 1 is 1.19 bits per heavy atom. The van der Waals surface area contributed by atoms with Gasteiger partial charge in [-0.15, -0.1) is 11.6 Å². The molecule has 0 aliphatic heterocycles. The third kappa shape index (κ3) is 4.51. The monoisotopic (exact) mass is 343 g/mol. The third-order valence-electron chi connectivity index (χ3n) is 3.01. The van der Waals surface area contributed by atoms with E-state index in [1.807, 2.05) is 13.8 Å². The summed E-state index contributed by atoms with van der Waals surface area (Å²) in [5, 5.41) is 2.78. The van der Waals surface area contributed by atoms with Gasteiger partial charge in [0.2, 0.25) is 0 Å². The Balaban J connectivity index is 3.07. The Hall–Kier alpha value is -0.950. The van der Waals surface area contributed by atoms with E-state index in [0.717, 1.165) is 6.07 Å². The van der Waals surface area contributed by atoms with Crippen LogP contribution in [0.15, 0.2) is 29.2 Å². The molecule has 0 aliphatic carbocycles. The molecule has 0 atom stereocenters. The van der Waals surface area contributed by atoms with Crippen molar-refractivity contribution in [3.05, 3.63) is 24.3 Å². The fraction of sp³-hybridized carbons (Fsp3) is 0.538. The quantitative estimate of drug-likeness (QED) is 0.793. The first kappa shape index (κ1) is 18.1.